The lowest BCUT2D eigenvalue weighted by Crippen LogP contribution is -2.46. The Morgan fingerprint density at radius 1 is 1.18 bits per heavy atom. The Morgan fingerprint density at radius 2 is 2.05 bits per heavy atom. The van der Waals surface area contributed by atoms with Crippen molar-refractivity contribution in [3.05, 3.63) is 59.9 Å². The van der Waals surface area contributed by atoms with Crippen LogP contribution >= 0.6 is 0 Å². The molecule has 1 aromatic heterocycles. The Balaban J connectivity index is 1.57. The van der Waals surface area contributed by atoms with Crippen LogP contribution in [-0.2, 0) is 6.54 Å². The van der Waals surface area contributed by atoms with Crippen molar-refractivity contribution in [3.8, 4) is 0 Å². The zero-order valence-electron chi connectivity index (χ0n) is 12.8. The van der Waals surface area contributed by atoms with Gasteiger partial charge in [0.25, 0.3) is 5.91 Å². The van der Waals surface area contributed by atoms with Crippen LogP contribution in [0, 0.1) is 0 Å². The molecule has 1 atom stereocenters. The molecule has 4 heteroatoms. The number of H-pyrrole nitrogens is 1. The average molecular weight is 297 g/mol. The number of aromatic amines is 1. The number of benzene rings is 1. The van der Waals surface area contributed by atoms with E-state index in [0.717, 1.165) is 19.5 Å². The Hall–Kier alpha value is -2.07. The van der Waals surface area contributed by atoms with E-state index in [1.807, 2.05) is 12.1 Å². The van der Waals surface area contributed by atoms with Gasteiger partial charge in [-0.05, 0) is 37.1 Å². The molecule has 1 amide bonds. The maximum Gasteiger partial charge on any atom is 0.267 e. The van der Waals surface area contributed by atoms with Crippen molar-refractivity contribution >= 4 is 5.91 Å². The van der Waals surface area contributed by atoms with Gasteiger partial charge in [0.15, 0.2) is 0 Å². The number of aromatic nitrogens is 1. The monoisotopic (exact) mass is 297 g/mol. The van der Waals surface area contributed by atoms with Crippen molar-refractivity contribution in [1.29, 1.82) is 0 Å². The molecule has 2 aromatic rings. The first-order valence-corrected chi connectivity index (χ1v) is 8.02. The fourth-order valence-electron chi connectivity index (χ4n) is 3.09. The van der Waals surface area contributed by atoms with Gasteiger partial charge in [-0.3, -0.25) is 9.69 Å². The van der Waals surface area contributed by atoms with Crippen LogP contribution in [-0.4, -0.2) is 34.9 Å². The fourth-order valence-corrected chi connectivity index (χ4v) is 3.09. The summed E-state index contributed by atoms with van der Waals surface area (Å²) in [4.78, 5) is 17.5. The summed E-state index contributed by atoms with van der Waals surface area (Å²) in [7, 11) is 0. The minimum absolute atomic E-state index is 0.0183. The van der Waals surface area contributed by atoms with E-state index in [0.29, 0.717) is 18.3 Å². The number of likely N-dealkylation sites (tertiary alicyclic amines) is 1. The van der Waals surface area contributed by atoms with E-state index in [-0.39, 0.29) is 5.91 Å². The molecule has 2 heterocycles. The summed E-state index contributed by atoms with van der Waals surface area (Å²) < 4.78 is 0. The highest BCUT2D eigenvalue weighted by atomic mass is 16.1. The number of piperidine rings is 1. The van der Waals surface area contributed by atoms with Crippen molar-refractivity contribution < 1.29 is 4.79 Å². The predicted octanol–water partition coefficient (Wildman–Crippen LogP) is 2.80. The molecule has 4 nitrogen and oxygen atoms in total. The normalized spacial score (nSPS) is 19.0. The molecule has 116 valence electrons. The molecule has 0 spiro atoms. The molecule has 0 bridgehead atoms. The SMILES string of the molecule is O=C(NCC1CCCCN1Cc1ccccc1)c1ccc[nH]1. The van der Waals surface area contributed by atoms with Gasteiger partial charge >= 0.3 is 0 Å². The van der Waals surface area contributed by atoms with Crippen molar-refractivity contribution in [2.24, 2.45) is 0 Å². The third-order valence-corrected chi connectivity index (χ3v) is 4.32. The summed E-state index contributed by atoms with van der Waals surface area (Å²) in [5, 5.41) is 3.06. The fraction of sp³-hybridized carbons (Fsp3) is 0.389. The van der Waals surface area contributed by atoms with Crippen molar-refractivity contribution in [2.45, 2.75) is 31.8 Å². The number of hydrogen-bond acceptors (Lipinski definition) is 2. The molecule has 1 fully saturated rings. The Bertz CT molecular complexity index is 580. The van der Waals surface area contributed by atoms with Crippen LogP contribution in [0.1, 0.15) is 35.3 Å². The first-order chi connectivity index (χ1) is 10.8. The van der Waals surface area contributed by atoms with Gasteiger partial charge in [-0.15, -0.1) is 0 Å². The number of amides is 1. The minimum Gasteiger partial charge on any atom is -0.357 e. The highest BCUT2D eigenvalue weighted by molar-refractivity contribution is 5.92. The quantitative estimate of drug-likeness (QED) is 0.891. The molecule has 0 saturated carbocycles. The van der Waals surface area contributed by atoms with Crippen LogP contribution in [0.4, 0.5) is 0 Å². The highest BCUT2D eigenvalue weighted by Gasteiger charge is 2.23. The first kappa shape index (κ1) is 14.9. The van der Waals surface area contributed by atoms with E-state index >= 15 is 0 Å². The lowest BCUT2D eigenvalue weighted by molar-refractivity contribution is 0.0903. The summed E-state index contributed by atoms with van der Waals surface area (Å²) in [6, 6.07) is 14.6. The van der Waals surface area contributed by atoms with Gasteiger partial charge in [-0.25, -0.2) is 0 Å². The number of nitrogens with one attached hydrogen (secondary N) is 2. The number of rotatable bonds is 5. The molecule has 3 rings (SSSR count). The maximum absolute atomic E-state index is 12.1. The molecule has 22 heavy (non-hydrogen) atoms. The summed E-state index contributed by atoms with van der Waals surface area (Å²) in [6.07, 6.45) is 5.41. The molecular weight excluding hydrogens is 274 g/mol. The zero-order chi connectivity index (χ0) is 15.2. The van der Waals surface area contributed by atoms with Crippen LogP contribution in [0.5, 0.6) is 0 Å². The van der Waals surface area contributed by atoms with E-state index in [9.17, 15) is 4.79 Å². The van der Waals surface area contributed by atoms with Gasteiger partial charge < -0.3 is 10.3 Å². The topological polar surface area (TPSA) is 48.1 Å². The predicted molar refractivity (Wildman–Crippen MR) is 87.6 cm³/mol. The molecule has 0 radical (unpaired) electrons. The van der Waals surface area contributed by atoms with Crippen LogP contribution in [0.25, 0.3) is 0 Å². The molecule has 1 aliphatic heterocycles. The largest absolute Gasteiger partial charge is 0.357 e. The average Bonchev–Trinajstić information content (AvgIpc) is 3.09. The maximum atomic E-state index is 12.1. The lowest BCUT2D eigenvalue weighted by Gasteiger charge is -2.35. The van der Waals surface area contributed by atoms with E-state index in [2.05, 4.69) is 39.5 Å². The van der Waals surface area contributed by atoms with E-state index in [1.54, 1.807) is 12.3 Å². The Kier molecular flexibility index (Phi) is 4.91. The standard InChI is InChI=1S/C18H23N3O/c22-18(17-10-6-11-19-17)20-13-16-9-4-5-12-21(16)14-15-7-2-1-3-8-15/h1-3,6-8,10-11,16,19H,4-5,9,12-14H2,(H,20,22). The third kappa shape index (κ3) is 3.77. The van der Waals surface area contributed by atoms with Crippen LogP contribution in [0.15, 0.2) is 48.7 Å². The number of carbonyl (C=O) groups is 1. The van der Waals surface area contributed by atoms with Gasteiger partial charge in [-0.2, -0.15) is 0 Å². The van der Waals surface area contributed by atoms with Gasteiger partial charge in [0.1, 0.15) is 5.69 Å². The van der Waals surface area contributed by atoms with Crippen LogP contribution in [0.2, 0.25) is 0 Å². The number of nitrogens with zero attached hydrogens (tertiary/aromatic N) is 1. The minimum atomic E-state index is -0.0183. The highest BCUT2D eigenvalue weighted by Crippen LogP contribution is 2.19. The van der Waals surface area contributed by atoms with E-state index < -0.39 is 0 Å². The Labute approximate surface area is 131 Å². The van der Waals surface area contributed by atoms with E-state index in [1.165, 1.54) is 18.4 Å². The second-order valence-corrected chi connectivity index (χ2v) is 5.90. The molecular formula is C18H23N3O. The van der Waals surface area contributed by atoms with Gasteiger partial charge in [-0.1, -0.05) is 36.8 Å². The molecule has 2 N–H and O–H groups in total. The van der Waals surface area contributed by atoms with Gasteiger partial charge in [0, 0.05) is 25.3 Å². The smallest absolute Gasteiger partial charge is 0.267 e. The van der Waals surface area contributed by atoms with Crippen LogP contribution < -0.4 is 5.32 Å². The van der Waals surface area contributed by atoms with Crippen molar-refractivity contribution in [1.82, 2.24) is 15.2 Å². The molecule has 0 aliphatic carbocycles. The lowest BCUT2D eigenvalue weighted by atomic mass is 10.0. The zero-order valence-corrected chi connectivity index (χ0v) is 12.8. The first-order valence-electron chi connectivity index (χ1n) is 8.02. The number of hydrogen-bond donors (Lipinski definition) is 2. The summed E-state index contributed by atoms with van der Waals surface area (Å²) in [5.41, 5.74) is 1.97. The molecule has 1 unspecified atom stereocenters. The van der Waals surface area contributed by atoms with E-state index in [4.69, 9.17) is 0 Å². The second kappa shape index (κ2) is 7.27. The second-order valence-electron chi connectivity index (χ2n) is 5.90. The van der Waals surface area contributed by atoms with Gasteiger partial charge in [0.05, 0.1) is 0 Å². The summed E-state index contributed by atoms with van der Waals surface area (Å²) in [6.45, 7) is 2.78. The van der Waals surface area contributed by atoms with Crippen molar-refractivity contribution in [2.75, 3.05) is 13.1 Å². The molecule has 1 aliphatic rings. The van der Waals surface area contributed by atoms with Crippen LogP contribution in [0.3, 0.4) is 0 Å². The third-order valence-electron chi connectivity index (χ3n) is 4.32. The molecule has 1 saturated heterocycles. The summed E-state index contributed by atoms with van der Waals surface area (Å²) >= 11 is 0. The van der Waals surface area contributed by atoms with Crippen molar-refractivity contribution in [3.63, 3.8) is 0 Å². The molecule has 1 aromatic carbocycles. The number of carbonyl (C=O) groups excluding carboxylic acids is 1. The summed E-state index contributed by atoms with van der Waals surface area (Å²) in [5.74, 6) is -0.0183. The Morgan fingerprint density at radius 3 is 2.82 bits per heavy atom. The van der Waals surface area contributed by atoms with Gasteiger partial charge in [0.2, 0.25) is 0 Å².